The summed E-state index contributed by atoms with van der Waals surface area (Å²) in [6.45, 7) is 0. The van der Waals surface area contributed by atoms with Gasteiger partial charge in [0.25, 0.3) is 0 Å². The fourth-order valence-corrected chi connectivity index (χ4v) is 2.98. The molecule has 0 unspecified atom stereocenters. The van der Waals surface area contributed by atoms with Crippen LogP contribution in [0.2, 0.25) is 0 Å². The fraction of sp³-hybridized carbons (Fsp3) is 0.625. The molecule has 5 nitrogen and oxygen atoms in total. The third kappa shape index (κ3) is 11.8. The number of rotatable bonds is 11. The third-order valence-corrected chi connectivity index (χ3v) is 4.44. The van der Waals surface area contributed by atoms with E-state index in [9.17, 15) is 23.2 Å². The molecule has 0 radical (unpaired) electrons. The van der Waals surface area contributed by atoms with Crippen molar-refractivity contribution in [2.45, 2.75) is 57.8 Å². The number of hydrogen-bond acceptors (Lipinski definition) is 5. The van der Waals surface area contributed by atoms with Crippen LogP contribution in [-0.4, -0.2) is 28.9 Å². The minimum Gasteiger partial charge on any atom is -0.748 e. The molecular formula is C16H25NaO5S. The zero-order valence-electron chi connectivity index (χ0n) is 13.8. The fourth-order valence-electron chi connectivity index (χ4n) is 2.43. The summed E-state index contributed by atoms with van der Waals surface area (Å²) < 4.78 is 31.2. The van der Waals surface area contributed by atoms with Crippen molar-refractivity contribution < 1.29 is 52.7 Å². The van der Waals surface area contributed by atoms with Crippen LogP contribution >= 0.6 is 0 Å². The minimum absolute atomic E-state index is 0. The van der Waals surface area contributed by atoms with E-state index in [1.54, 1.807) is 6.07 Å². The molecule has 0 bridgehead atoms. The van der Waals surface area contributed by atoms with E-state index in [4.69, 9.17) is 0 Å². The zero-order chi connectivity index (χ0) is 16.4. The van der Waals surface area contributed by atoms with Crippen molar-refractivity contribution in [2.75, 3.05) is 5.75 Å². The van der Waals surface area contributed by atoms with Crippen molar-refractivity contribution >= 4 is 10.1 Å². The van der Waals surface area contributed by atoms with Crippen molar-refractivity contribution in [1.82, 2.24) is 0 Å². The predicted octanol–water partition coefficient (Wildman–Crippen LogP) is 0.310. The number of phenols is 2. The molecule has 0 spiro atoms. The van der Waals surface area contributed by atoms with Crippen LogP contribution in [0.4, 0.5) is 0 Å². The maximum Gasteiger partial charge on any atom is 1.00 e. The molecule has 1 rings (SSSR count). The Kier molecular flexibility index (Phi) is 12.0. The van der Waals surface area contributed by atoms with Gasteiger partial charge in [-0.2, -0.15) is 0 Å². The van der Waals surface area contributed by atoms with Gasteiger partial charge in [-0.15, -0.1) is 0 Å². The van der Waals surface area contributed by atoms with Crippen LogP contribution in [0.5, 0.6) is 11.5 Å². The quantitative estimate of drug-likeness (QED) is 0.259. The standard InChI is InChI=1S/C16H26O5S.Na/c17-15-10-11-16(18)14(13-15)9-7-5-3-1-2-4-6-8-12-22(19,20)21;/h10-11,13,17-18H,1-9,12H2,(H,19,20,21);/q;+1/p-1. The number of aryl methyl sites for hydroxylation is 1. The second-order valence-electron chi connectivity index (χ2n) is 5.65. The molecule has 23 heavy (non-hydrogen) atoms. The monoisotopic (exact) mass is 352 g/mol. The molecule has 0 atom stereocenters. The van der Waals surface area contributed by atoms with Gasteiger partial charge in [-0.25, -0.2) is 8.42 Å². The van der Waals surface area contributed by atoms with Gasteiger partial charge in [0, 0.05) is 5.75 Å². The van der Waals surface area contributed by atoms with Gasteiger partial charge in [-0.1, -0.05) is 38.5 Å². The van der Waals surface area contributed by atoms with E-state index in [1.165, 1.54) is 12.1 Å². The summed E-state index contributed by atoms with van der Waals surface area (Å²) in [6, 6.07) is 4.57. The van der Waals surface area contributed by atoms with Crippen LogP contribution in [0.1, 0.15) is 56.9 Å². The summed E-state index contributed by atoms with van der Waals surface area (Å²) in [6.07, 6.45) is 8.23. The van der Waals surface area contributed by atoms with E-state index in [-0.39, 0.29) is 46.8 Å². The second kappa shape index (κ2) is 12.1. The Morgan fingerprint density at radius 2 is 1.39 bits per heavy atom. The van der Waals surface area contributed by atoms with Crippen LogP contribution in [0.25, 0.3) is 0 Å². The average Bonchev–Trinajstić information content (AvgIpc) is 2.43. The summed E-state index contributed by atoms with van der Waals surface area (Å²) in [5.41, 5.74) is 0.777. The van der Waals surface area contributed by atoms with Crippen LogP contribution < -0.4 is 29.6 Å². The molecule has 0 heterocycles. The number of aromatic hydroxyl groups is 2. The van der Waals surface area contributed by atoms with Crippen LogP contribution in [0.3, 0.4) is 0 Å². The Morgan fingerprint density at radius 1 is 0.870 bits per heavy atom. The topological polar surface area (TPSA) is 97.7 Å². The third-order valence-electron chi connectivity index (χ3n) is 3.65. The van der Waals surface area contributed by atoms with E-state index in [2.05, 4.69) is 0 Å². The molecule has 1 aromatic rings. The molecule has 0 aliphatic rings. The van der Waals surface area contributed by atoms with E-state index >= 15 is 0 Å². The molecule has 0 aliphatic carbocycles. The largest absolute Gasteiger partial charge is 1.00 e. The van der Waals surface area contributed by atoms with E-state index < -0.39 is 10.1 Å². The molecule has 2 N–H and O–H groups in total. The SMILES string of the molecule is O=S(=O)([O-])CCCCCCCCCCc1cc(O)ccc1O.[Na+]. The van der Waals surface area contributed by atoms with E-state index in [0.29, 0.717) is 6.42 Å². The minimum atomic E-state index is -4.05. The maximum absolute atomic E-state index is 10.4. The summed E-state index contributed by atoms with van der Waals surface area (Å²) in [5, 5.41) is 19.0. The first-order chi connectivity index (χ1) is 10.4. The van der Waals surface area contributed by atoms with Gasteiger partial charge in [0.05, 0.1) is 10.1 Å². The van der Waals surface area contributed by atoms with Crippen molar-refractivity contribution in [3.8, 4) is 11.5 Å². The molecule has 7 heteroatoms. The van der Waals surface area contributed by atoms with Gasteiger partial charge >= 0.3 is 29.6 Å². The van der Waals surface area contributed by atoms with Gasteiger partial charge in [-0.05, 0) is 43.0 Å². The number of phenolic OH excluding ortho intramolecular Hbond substituents is 2. The Morgan fingerprint density at radius 3 is 1.96 bits per heavy atom. The summed E-state index contributed by atoms with van der Waals surface area (Å²) in [5.74, 6) is 0.152. The molecule has 0 aliphatic heterocycles. The summed E-state index contributed by atoms with van der Waals surface area (Å²) in [4.78, 5) is 0. The molecular weight excluding hydrogens is 327 g/mol. The van der Waals surface area contributed by atoms with Gasteiger partial charge in [0.15, 0.2) is 0 Å². The van der Waals surface area contributed by atoms with Crippen molar-refractivity contribution in [3.63, 3.8) is 0 Å². The van der Waals surface area contributed by atoms with Gasteiger partial charge in [-0.3, -0.25) is 0 Å². The van der Waals surface area contributed by atoms with E-state index in [1.807, 2.05) is 0 Å². The molecule has 1 aromatic carbocycles. The first-order valence-corrected chi connectivity index (χ1v) is 9.40. The maximum atomic E-state index is 10.4. The predicted molar refractivity (Wildman–Crippen MR) is 85.0 cm³/mol. The smallest absolute Gasteiger partial charge is 0.748 e. The van der Waals surface area contributed by atoms with Crippen LogP contribution in [0.15, 0.2) is 18.2 Å². The molecule has 0 saturated carbocycles. The van der Waals surface area contributed by atoms with Crippen LogP contribution in [-0.2, 0) is 16.5 Å². The summed E-state index contributed by atoms with van der Waals surface area (Å²) >= 11 is 0. The Labute approximate surface area is 161 Å². The van der Waals surface area contributed by atoms with Crippen molar-refractivity contribution in [1.29, 1.82) is 0 Å². The molecule has 0 saturated heterocycles. The van der Waals surface area contributed by atoms with Gasteiger partial charge < -0.3 is 14.8 Å². The Balaban J connectivity index is 0.00000484. The van der Waals surface area contributed by atoms with Gasteiger partial charge in [0.2, 0.25) is 0 Å². The van der Waals surface area contributed by atoms with Gasteiger partial charge in [0.1, 0.15) is 11.5 Å². The Hall–Kier alpha value is -0.270. The average molecular weight is 352 g/mol. The van der Waals surface area contributed by atoms with E-state index in [0.717, 1.165) is 56.9 Å². The van der Waals surface area contributed by atoms with Crippen molar-refractivity contribution in [3.05, 3.63) is 23.8 Å². The molecule has 0 aromatic heterocycles. The number of unbranched alkanes of at least 4 members (excludes halogenated alkanes) is 7. The normalized spacial score (nSPS) is 11.2. The Bertz CT molecular complexity index is 545. The first kappa shape index (κ1) is 22.7. The first-order valence-electron chi connectivity index (χ1n) is 7.83. The number of benzene rings is 1. The second-order valence-corrected chi connectivity index (χ2v) is 7.18. The molecule has 0 fully saturated rings. The van der Waals surface area contributed by atoms with Crippen LogP contribution in [0, 0.1) is 0 Å². The molecule has 0 amide bonds. The summed E-state index contributed by atoms with van der Waals surface area (Å²) in [7, 11) is -4.05. The van der Waals surface area contributed by atoms with Crippen molar-refractivity contribution in [2.24, 2.45) is 0 Å². The number of hydrogen-bond donors (Lipinski definition) is 2. The zero-order valence-corrected chi connectivity index (χ0v) is 16.6. The molecule has 126 valence electrons.